The van der Waals surface area contributed by atoms with E-state index in [4.69, 9.17) is 14.2 Å². The number of carbonyl (C=O) groups is 1. The summed E-state index contributed by atoms with van der Waals surface area (Å²) in [6.45, 7) is 15.4. The maximum atomic E-state index is 11.8. The van der Waals surface area contributed by atoms with Crippen molar-refractivity contribution in [2.24, 2.45) is 5.92 Å². The van der Waals surface area contributed by atoms with Crippen LogP contribution in [0, 0.1) is 5.92 Å². The van der Waals surface area contributed by atoms with Crippen LogP contribution in [-0.4, -0.2) is 26.3 Å². The Morgan fingerprint density at radius 1 is 0.833 bits per heavy atom. The van der Waals surface area contributed by atoms with Gasteiger partial charge in [-0.25, -0.2) is 4.79 Å². The van der Waals surface area contributed by atoms with Gasteiger partial charge in [0.15, 0.2) is 0 Å². The van der Waals surface area contributed by atoms with E-state index in [0.29, 0.717) is 24.4 Å². The minimum atomic E-state index is -0.395. The van der Waals surface area contributed by atoms with Crippen molar-refractivity contribution in [3.63, 3.8) is 0 Å². The van der Waals surface area contributed by atoms with E-state index in [-0.39, 0.29) is 12.5 Å². The third kappa shape index (κ3) is 6.96. The zero-order valence-corrected chi connectivity index (χ0v) is 18.1. The highest BCUT2D eigenvalue weighted by molar-refractivity contribution is 5.86. The average Bonchev–Trinajstić information content (AvgIpc) is 2.75. The van der Waals surface area contributed by atoms with E-state index < -0.39 is 5.97 Å². The molecule has 0 bridgehead atoms. The van der Waals surface area contributed by atoms with E-state index >= 15 is 0 Å². The quantitative estimate of drug-likeness (QED) is 0.206. The summed E-state index contributed by atoms with van der Waals surface area (Å²) in [6.07, 6.45) is 0.704. The molecule has 0 N–H and O–H groups in total. The molecule has 2 rings (SSSR count). The van der Waals surface area contributed by atoms with E-state index in [1.165, 1.54) is 0 Å². The van der Waals surface area contributed by atoms with Crippen LogP contribution >= 0.6 is 0 Å². The van der Waals surface area contributed by atoms with Gasteiger partial charge in [-0.3, -0.25) is 0 Å². The summed E-state index contributed by atoms with van der Waals surface area (Å²) in [5.74, 6) is 0.963. The molecular weight excluding hydrogens is 376 g/mol. The minimum absolute atomic E-state index is 0.0174. The first-order valence-corrected chi connectivity index (χ1v) is 9.83. The van der Waals surface area contributed by atoms with Gasteiger partial charge < -0.3 is 14.2 Å². The average molecular weight is 407 g/mol. The van der Waals surface area contributed by atoms with Crippen molar-refractivity contribution in [3.05, 3.63) is 90.7 Å². The summed E-state index contributed by atoms with van der Waals surface area (Å²) < 4.78 is 16.3. The molecule has 158 valence electrons. The molecule has 2 aromatic rings. The van der Waals surface area contributed by atoms with E-state index in [1.54, 1.807) is 14.0 Å². The molecule has 0 saturated carbocycles. The number of benzene rings is 2. The molecule has 0 aliphatic carbocycles. The largest absolute Gasteiger partial charge is 0.497 e. The van der Waals surface area contributed by atoms with Gasteiger partial charge in [-0.1, -0.05) is 56.1 Å². The lowest BCUT2D eigenvalue weighted by atomic mass is 9.98. The molecule has 1 unspecified atom stereocenters. The fourth-order valence-corrected chi connectivity index (χ4v) is 2.77. The van der Waals surface area contributed by atoms with Crippen LogP contribution in [0.5, 0.6) is 5.75 Å². The highest BCUT2D eigenvalue weighted by Crippen LogP contribution is 2.24. The molecule has 0 saturated heterocycles. The highest BCUT2D eigenvalue weighted by Gasteiger charge is 2.15. The lowest BCUT2D eigenvalue weighted by Crippen LogP contribution is -2.21. The smallest absolute Gasteiger partial charge is 0.333 e. The number of esters is 1. The standard InChI is InChI=1S/C26H30O4/c1-18(2)20(5)29-16-22(17-30-26(27)19(3)4)15-21-7-9-23(10-8-21)24-11-13-25(28-6)14-12-24/h7-14,22H,1,3,5,15-17H2,2,4,6H3. The second-order valence-corrected chi connectivity index (χ2v) is 7.39. The van der Waals surface area contributed by atoms with Crippen LogP contribution in [0.2, 0.25) is 0 Å². The molecule has 0 heterocycles. The van der Waals surface area contributed by atoms with Gasteiger partial charge in [0, 0.05) is 11.5 Å². The summed E-state index contributed by atoms with van der Waals surface area (Å²) in [4.78, 5) is 11.8. The van der Waals surface area contributed by atoms with E-state index in [0.717, 1.165) is 28.0 Å². The SMILES string of the molecule is C=C(C)C(=C)OCC(COC(=O)C(=C)C)Cc1ccc(-c2ccc(OC)cc2)cc1. The molecule has 30 heavy (non-hydrogen) atoms. The molecule has 0 aromatic heterocycles. The van der Waals surface area contributed by atoms with Gasteiger partial charge in [0.05, 0.1) is 20.3 Å². The van der Waals surface area contributed by atoms with Crippen LogP contribution in [0.15, 0.2) is 85.2 Å². The third-order valence-corrected chi connectivity index (χ3v) is 4.67. The van der Waals surface area contributed by atoms with Gasteiger partial charge in [-0.15, -0.1) is 0 Å². The summed E-state index contributed by atoms with van der Waals surface area (Å²) in [5.41, 5.74) is 4.53. The van der Waals surface area contributed by atoms with Crippen molar-refractivity contribution in [2.45, 2.75) is 20.3 Å². The Kier molecular flexibility index (Phi) is 8.48. The lowest BCUT2D eigenvalue weighted by Gasteiger charge is -2.19. The fraction of sp³-hybridized carbons (Fsp3) is 0.269. The third-order valence-electron chi connectivity index (χ3n) is 4.67. The second-order valence-electron chi connectivity index (χ2n) is 7.39. The molecule has 2 aromatic carbocycles. The zero-order chi connectivity index (χ0) is 22.1. The molecule has 0 fully saturated rings. The van der Waals surface area contributed by atoms with Crippen LogP contribution < -0.4 is 4.74 Å². The predicted molar refractivity (Wildman–Crippen MR) is 121 cm³/mol. The Bertz CT molecular complexity index is 862. The number of carbonyl (C=O) groups excluding carboxylic acids is 1. The van der Waals surface area contributed by atoms with Gasteiger partial charge in [0.2, 0.25) is 0 Å². The fourth-order valence-electron chi connectivity index (χ4n) is 2.77. The van der Waals surface area contributed by atoms with Gasteiger partial charge in [-0.2, -0.15) is 0 Å². The van der Waals surface area contributed by atoms with Crippen molar-refractivity contribution in [1.29, 1.82) is 0 Å². The molecule has 0 radical (unpaired) electrons. The Hall–Kier alpha value is -3.27. The van der Waals surface area contributed by atoms with Crippen molar-refractivity contribution < 1.29 is 19.0 Å². The first-order chi connectivity index (χ1) is 14.3. The summed E-state index contributed by atoms with van der Waals surface area (Å²) in [5, 5.41) is 0. The number of hydrogen-bond acceptors (Lipinski definition) is 4. The van der Waals surface area contributed by atoms with E-state index in [2.05, 4.69) is 44.0 Å². The van der Waals surface area contributed by atoms with Crippen LogP contribution in [0.3, 0.4) is 0 Å². The van der Waals surface area contributed by atoms with E-state index in [9.17, 15) is 4.79 Å². The first-order valence-electron chi connectivity index (χ1n) is 9.83. The first kappa shape index (κ1) is 23.0. The van der Waals surface area contributed by atoms with Crippen molar-refractivity contribution >= 4 is 5.97 Å². The van der Waals surface area contributed by atoms with Crippen LogP contribution in [0.4, 0.5) is 0 Å². The maximum absolute atomic E-state index is 11.8. The van der Waals surface area contributed by atoms with Gasteiger partial charge in [0.1, 0.15) is 11.5 Å². The van der Waals surface area contributed by atoms with Crippen molar-refractivity contribution in [2.75, 3.05) is 20.3 Å². The predicted octanol–water partition coefficient (Wildman–Crippen LogP) is 5.75. The molecule has 4 heteroatoms. The maximum Gasteiger partial charge on any atom is 0.333 e. The molecule has 0 aliphatic heterocycles. The molecule has 4 nitrogen and oxygen atoms in total. The van der Waals surface area contributed by atoms with Crippen molar-refractivity contribution in [1.82, 2.24) is 0 Å². The Morgan fingerprint density at radius 3 is 1.87 bits per heavy atom. The molecule has 0 amide bonds. The van der Waals surface area contributed by atoms with Crippen LogP contribution in [0.1, 0.15) is 19.4 Å². The topological polar surface area (TPSA) is 44.8 Å². The van der Waals surface area contributed by atoms with E-state index in [1.807, 2.05) is 31.2 Å². The minimum Gasteiger partial charge on any atom is -0.497 e. The van der Waals surface area contributed by atoms with Crippen LogP contribution in [-0.2, 0) is 20.7 Å². The molecule has 0 aliphatic rings. The monoisotopic (exact) mass is 406 g/mol. The highest BCUT2D eigenvalue weighted by atomic mass is 16.5. The second kappa shape index (κ2) is 11.1. The summed E-state index contributed by atoms with van der Waals surface area (Å²) >= 11 is 0. The molecule has 1 atom stereocenters. The number of ether oxygens (including phenoxy) is 3. The summed E-state index contributed by atoms with van der Waals surface area (Å²) in [6, 6.07) is 16.3. The van der Waals surface area contributed by atoms with Crippen LogP contribution in [0.25, 0.3) is 11.1 Å². The van der Waals surface area contributed by atoms with Crippen molar-refractivity contribution in [3.8, 4) is 16.9 Å². The Labute approximate surface area is 179 Å². The number of allylic oxidation sites excluding steroid dienone is 1. The Balaban J connectivity index is 2.06. The Morgan fingerprint density at radius 2 is 1.37 bits per heavy atom. The normalized spacial score (nSPS) is 11.3. The zero-order valence-electron chi connectivity index (χ0n) is 18.1. The number of rotatable bonds is 11. The van der Waals surface area contributed by atoms with Gasteiger partial charge >= 0.3 is 5.97 Å². The molecule has 0 spiro atoms. The lowest BCUT2D eigenvalue weighted by molar-refractivity contribution is -0.140. The van der Waals surface area contributed by atoms with Gasteiger partial charge in [0.25, 0.3) is 0 Å². The number of hydrogen-bond donors (Lipinski definition) is 0. The summed E-state index contributed by atoms with van der Waals surface area (Å²) in [7, 11) is 1.66. The van der Waals surface area contributed by atoms with Gasteiger partial charge in [-0.05, 0) is 54.7 Å². The molecular formula is C26H30O4. The number of methoxy groups -OCH3 is 1.